The fourth-order valence-electron chi connectivity index (χ4n) is 5.66. The molecule has 0 saturated carbocycles. The number of fused-ring (bicyclic) bond motifs is 2. The van der Waals surface area contributed by atoms with Gasteiger partial charge in [-0.05, 0) is 84.7 Å². The highest BCUT2D eigenvalue weighted by molar-refractivity contribution is 9.10. The second-order valence-electron chi connectivity index (χ2n) is 11.5. The zero-order valence-electron chi connectivity index (χ0n) is 24.6. The van der Waals surface area contributed by atoms with Gasteiger partial charge in [0.25, 0.3) is 11.1 Å². The Hall–Kier alpha value is -2.78. The molecule has 1 aromatic carbocycles. The third-order valence-corrected chi connectivity index (χ3v) is 10.2. The summed E-state index contributed by atoms with van der Waals surface area (Å²) in [5, 5.41) is 29.1. The van der Waals surface area contributed by atoms with E-state index < -0.39 is 6.10 Å². The smallest absolute Gasteiger partial charge is 0.271 e. The number of benzene rings is 1. The number of ketones is 1. The summed E-state index contributed by atoms with van der Waals surface area (Å²) in [5.74, 6) is -0.0757. The number of carbonyl (C=O) groups excluding carboxylic acids is 1. The van der Waals surface area contributed by atoms with Crippen molar-refractivity contribution in [3.05, 3.63) is 78.6 Å². The molecular formula is C31H36BrClN6O5S. The first kappa shape index (κ1) is 33.6. The predicted molar refractivity (Wildman–Crippen MR) is 180 cm³/mol. The summed E-state index contributed by atoms with van der Waals surface area (Å²) in [6.07, 6.45) is 6.38. The van der Waals surface area contributed by atoms with Gasteiger partial charge in [0.1, 0.15) is 4.70 Å². The van der Waals surface area contributed by atoms with E-state index in [1.165, 1.54) is 33.1 Å². The van der Waals surface area contributed by atoms with E-state index in [2.05, 4.69) is 43.1 Å². The van der Waals surface area contributed by atoms with Crippen LogP contribution in [0.5, 0.6) is 0 Å². The zero-order chi connectivity index (χ0) is 32.1. The zero-order valence-corrected chi connectivity index (χ0v) is 27.8. The molecule has 45 heavy (non-hydrogen) atoms. The van der Waals surface area contributed by atoms with E-state index in [0.717, 1.165) is 37.9 Å². The first-order valence-corrected chi connectivity index (χ1v) is 16.9. The number of piperidine rings is 2. The van der Waals surface area contributed by atoms with Crippen LogP contribution in [0.1, 0.15) is 38.5 Å². The number of hydrogen-bond acceptors (Lipinski definition) is 10. The second kappa shape index (κ2) is 15.2. The summed E-state index contributed by atoms with van der Waals surface area (Å²) in [4.78, 5) is 45.4. The number of halogens is 2. The molecule has 2 fully saturated rings. The molecule has 0 aliphatic carbocycles. The van der Waals surface area contributed by atoms with Crippen LogP contribution in [-0.2, 0) is 17.9 Å². The molecule has 3 aromatic heterocycles. The van der Waals surface area contributed by atoms with Crippen LogP contribution in [0.4, 0.5) is 0 Å². The molecule has 0 unspecified atom stereocenters. The van der Waals surface area contributed by atoms with Crippen LogP contribution in [0.3, 0.4) is 0 Å². The number of aliphatic hydroxyl groups excluding tert-OH is 2. The Morgan fingerprint density at radius 2 is 1.60 bits per heavy atom. The van der Waals surface area contributed by atoms with E-state index in [1.54, 1.807) is 18.2 Å². The molecular weight excluding hydrogens is 684 g/mol. The molecule has 6 rings (SSSR count). The van der Waals surface area contributed by atoms with E-state index in [-0.39, 0.29) is 48.1 Å². The highest BCUT2D eigenvalue weighted by Crippen LogP contribution is 2.26. The van der Waals surface area contributed by atoms with Crippen molar-refractivity contribution >= 4 is 65.8 Å². The van der Waals surface area contributed by atoms with Crippen LogP contribution in [0.25, 0.3) is 21.1 Å². The monoisotopic (exact) mass is 718 g/mol. The molecule has 4 aromatic rings. The summed E-state index contributed by atoms with van der Waals surface area (Å²) in [6.45, 7) is 6.16. The summed E-state index contributed by atoms with van der Waals surface area (Å²) in [7, 11) is 0. The van der Waals surface area contributed by atoms with Gasteiger partial charge < -0.3 is 20.8 Å². The minimum absolute atomic E-state index is 0.000711. The largest absolute Gasteiger partial charge is 0.391 e. The fourth-order valence-corrected chi connectivity index (χ4v) is 6.95. The third-order valence-electron chi connectivity index (χ3n) is 8.09. The number of aromatic nitrogens is 4. The predicted octanol–water partition coefficient (Wildman–Crippen LogP) is 3.40. The average Bonchev–Trinajstić information content (AvgIpc) is 3.50. The Balaban J connectivity index is 0.000000179. The second-order valence-corrected chi connectivity index (χ2v) is 13.7. The van der Waals surface area contributed by atoms with Gasteiger partial charge in [0, 0.05) is 29.5 Å². The van der Waals surface area contributed by atoms with Crippen LogP contribution in [0.15, 0.2) is 62.4 Å². The van der Waals surface area contributed by atoms with Gasteiger partial charge >= 0.3 is 0 Å². The van der Waals surface area contributed by atoms with Crippen molar-refractivity contribution in [3.8, 4) is 0 Å². The van der Waals surface area contributed by atoms with Gasteiger partial charge in [-0.15, -0.1) is 11.3 Å². The van der Waals surface area contributed by atoms with Crippen molar-refractivity contribution in [2.75, 3.05) is 13.1 Å². The van der Waals surface area contributed by atoms with Gasteiger partial charge in [-0.3, -0.25) is 23.5 Å². The Bertz CT molecular complexity index is 1810. The lowest BCUT2D eigenvalue weighted by atomic mass is 9.95. The van der Waals surface area contributed by atoms with Crippen LogP contribution in [0, 0.1) is 0 Å². The standard InChI is InChI=1S/C17H19BrClN3O2.C14H17N3O3S/c1-10(5-15-16(23)3-2-4-20-15)8-22-9-21-14-7-12(18)13(19)6-11(14)17(22)24;18-9(6-11-12(19)2-1-4-15-11)7-17-8-16-10-3-5-21-13(10)14(17)20/h6-7,9,15-16,20,23H,1-5,8H2;3,5,8,11-12,15,19H,1-2,4,6-7H2/t15-,16+;11-,12+/m00/s1. The first-order valence-electron chi connectivity index (χ1n) is 14.9. The molecule has 0 amide bonds. The minimum atomic E-state index is -0.489. The number of Topliss-reactive ketones (excluding diaryl/α,β-unsaturated/α-hetero) is 1. The summed E-state index contributed by atoms with van der Waals surface area (Å²) < 4.78 is 4.16. The highest BCUT2D eigenvalue weighted by Gasteiger charge is 2.25. The van der Waals surface area contributed by atoms with Gasteiger partial charge in [-0.25, -0.2) is 9.97 Å². The number of hydrogen-bond donors (Lipinski definition) is 4. The molecule has 2 aliphatic heterocycles. The van der Waals surface area contributed by atoms with Crippen molar-refractivity contribution in [1.82, 2.24) is 29.7 Å². The highest BCUT2D eigenvalue weighted by atomic mass is 79.9. The Kier molecular flexibility index (Phi) is 11.3. The molecule has 0 radical (unpaired) electrons. The number of carbonyl (C=O) groups is 1. The Morgan fingerprint density at radius 3 is 2.27 bits per heavy atom. The number of aliphatic hydroxyl groups is 2. The van der Waals surface area contributed by atoms with Crippen LogP contribution in [-0.4, -0.2) is 72.5 Å². The summed E-state index contributed by atoms with van der Waals surface area (Å²) >= 11 is 10.8. The third kappa shape index (κ3) is 8.33. The van der Waals surface area contributed by atoms with E-state index in [9.17, 15) is 24.6 Å². The maximum absolute atomic E-state index is 12.6. The molecule has 2 saturated heterocycles. The van der Waals surface area contributed by atoms with Crippen LogP contribution >= 0.6 is 38.9 Å². The van der Waals surface area contributed by atoms with Gasteiger partial charge in [-0.1, -0.05) is 23.8 Å². The van der Waals surface area contributed by atoms with Gasteiger partial charge in [0.05, 0.1) is 52.8 Å². The quantitative estimate of drug-likeness (QED) is 0.201. The van der Waals surface area contributed by atoms with Crippen molar-refractivity contribution in [2.24, 2.45) is 0 Å². The van der Waals surface area contributed by atoms with Crippen LogP contribution in [0.2, 0.25) is 5.02 Å². The van der Waals surface area contributed by atoms with Crippen molar-refractivity contribution < 1.29 is 15.0 Å². The lowest BCUT2D eigenvalue weighted by Crippen LogP contribution is -2.46. The molecule has 0 spiro atoms. The first-order chi connectivity index (χ1) is 21.6. The van der Waals surface area contributed by atoms with Crippen molar-refractivity contribution in [3.63, 3.8) is 0 Å². The number of nitrogens with zero attached hydrogens (tertiary/aromatic N) is 4. The molecule has 11 nitrogen and oxygen atoms in total. The minimum Gasteiger partial charge on any atom is -0.391 e. The van der Waals surface area contributed by atoms with Crippen molar-refractivity contribution in [2.45, 2.75) is 75.9 Å². The number of thiophene rings is 1. The van der Waals surface area contributed by atoms with E-state index >= 15 is 0 Å². The van der Waals surface area contributed by atoms with E-state index in [0.29, 0.717) is 50.0 Å². The Labute approximate surface area is 277 Å². The normalized spacial score (nSPS) is 21.8. The van der Waals surface area contributed by atoms with Gasteiger partial charge in [0.15, 0.2) is 5.78 Å². The van der Waals surface area contributed by atoms with Gasteiger partial charge in [0.2, 0.25) is 0 Å². The van der Waals surface area contributed by atoms with Crippen LogP contribution < -0.4 is 21.8 Å². The number of rotatable bonds is 8. The molecule has 14 heteroatoms. The fraction of sp³-hybridized carbons (Fsp3) is 0.452. The Morgan fingerprint density at radius 1 is 0.978 bits per heavy atom. The van der Waals surface area contributed by atoms with Crippen molar-refractivity contribution in [1.29, 1.82) is 0 Å². The molecule has 240 valence electrons. The molecule has 4 atom stereocenters. The maximum atomic E-state index is 12.6. The average molecular weight is 720 g/mol. The summed E-state index contributed by atoms with van der Waals surface area (Å²) in [5.41, 5.74) is 1.81. The van der Waals surface area contributed by atoms with E-state index in [4.69, 9.17) is 11.6 Å². The summed E-state index contributed by atoms with van der Waals surface area (Å²) in [6, 6.07) is 4.94. The maximum Gasteiger partial charge on any atom is 0.271 e. The molecule has 5 heterocycles. The lowest BCUT2D eigenvalue weighted by molar-refractivity contribution is -0.121. The lowest BCUT2D eigenvalue weighted by Gasteiger charge is -2.29. The van der Waals surface area contributed by atoms with Gasteiger partial charge in [-0.2, -0.15) is 0 Å². The number of nitrogens with one attached hydrogen (secondary N) is 2. The molecule has 4 N–H and O–H groups in total. The molecule has 2 aliphatic rings. The molecule has 0 bridgehead atoms. The SMILES string of the molecule is C=C(C[C@@H]1NCCC[C@H]1O)Cn1cnc2cc(Br)c(Cl)cc2c1=O.O=C(C[C@@H]1NCCC[C@H]1O)Cn1cnc2ccsc2c1=O. The topological polar surface area (TPSA) is 151 Å². The van der Waals surface area contributed by atoms with E-state index in [1.807, 2.05) is 5.38 Å².